The lowest BCUT2D eigenvalue weighted by atomic mass is 10.2. The molecule has 32 heavy (non-hydrogen) atoms. The van der Waals surface area contributed by atoms with Crippen LogP contribution in [0, 0.1) is 5.82 Å². The molecule has 176 valence electrons. The van der Waals surface area contributed by atoms with Gasteiger partial charge in [-0.05, 0) is 48.9 Å². The van der Waals surface area contributed by atoms with Crippen LogP contribution in [0.5, 0.6) is 5.75 Å². The highest BCUT2D eigenvalue weighted by Crippen LogP contribution is 2.36. The first-order valence-corrected chi connectivity index (χ1v) is 11.6. The predicted octanol–water partition coefficient (Wildman–Crippen LogP) is 4.24. The summed E-state index contributed by atoms with van der Waals surface area (Å²) in [5, 5.41) is 2.41. The molecule has 1 N–H and O–H groups in total. The van der Waals surface area contributed by atoms with Crippen LogP contribution in [0.1, 0.15) is 18.4 Å². The van der Waals surface area contributed by atoms with Crippen molar-refractivity contribution in [1.29, 1.82) is 0 Å². The van der Waals surface area contributed by atoms with Crippen LogP contribution in [0.2, 0.25) is 5.02 Å². The molecular weight excluding hydrogens is 476 g/mol. The van der Waals surface area contributed by atoms with Crippen LogP contribution in [0.15, 0.2) is 42.5 Å². The minimum absolute atomic E-state index is 0.0459. The Morgan fingerprint density at radius 2 is 1.81 bits per heavy atom. The van der Waals surface area contributed by atoms with Crippen LogP contribution in [-0.4, -0.2) is 40.3 Å². The molecule has 0 aromatic heterocycles. The Kier molecular flexibility index (Phi) is 8.73. The molecule has 0 heterocycles. The van der Waals surface area contributed by atoms with E-state index in [-0.39, 0.29) is 43.2 Å². The van der Waals surface area contributed by atoms with Crippen molar-refractivity contribution in [3.8, 4) is 5.75 Å². The molecule has 2 aromatic carbocycles. The van der Waals surface area contributed by atoms with Crippen molar-refractivity contribution >= 4 is 33.2 Å². The Balaban J connectivity index is 1.89. The lowest BCUT2D eigenvalue weighted by Crippen LogP contribution is -2.33. The van der Waals surface area contributed by atoms with E-state index in [0.717, 1.165) is 22.7 Å². The van der Waals surface area contributed by atoms with Crippen LogP contribution >= 0.6 is 11.6 Å². The number of nitrogens with zero attached hydrogens (tertiary/aromatic N) is 1. The van der Waals surface area contributed by atoms with Gasteiger partial charge in [0, 0.05) is 13.0 Å². The van der Waals surface area contributed by atoms with Crippen LogP contribution in [0.4, 0.5) is 23.2 Å². The lowest BCUT2D eigenvalue weighted by Gasteiger charge is -2.24. The maximum atomic E-state index is 13.0. The third-order valence-electron chi connectivity index (χ3n) is 4.21. The zero-order chi connectivity index (χ0) is 23.9. The second-order valence-corrected chi connectivity index (χ2v) is 9.07. The van der Waals surface area contributed by atoms with E-state index in [0.29, 0.717) is 11.8 Å². The van der Waals surface area contributed by atoms with Crippen LogP contribution < -0.4 is 14.4 Å². The van der Waals surface area contributed by atoms with E-state index in [4.69, 9.17) is 16.3 Å². The first-order chi connectivity index (χ1) is 14.9. The van der Waals surface area contributed by atoms with E-state index in [9.17, 15) is 30.8 Å². The number of rotatable bonds is 10. The first kappa shape index (κ1) is 25.7. The van der Waals surface area contributed by atoms with E-state index < -0.39 is 33.5 Å². The number of amides is 1. The lowest BCUT2D eigenvalue weighted by molar-refractivity contribution is -0.137. The summed E-state index contributed by atoms with van der Waals surface area (Å²) >= 11 is 5.94. The maximum absolute atomic E-state index is 13.0. The van der Waals surface area contributed by atoms with Crippen LogP contribution in [-0.2, 0) is 21.0 Å². The van der Waals surface area contributed by atoms with Gasteiger partial charge in [-0.25, -0.2) is 12.8 Å². The molecular formula is C20H21ClF4N2O4S. The number of carbonyl (C=O) groups is 1. The van der Waals surface area contributed by atoms with Gasteiger partial charge in [0.15, 0.2) is 0 Å². The molecule has 0 atom stereocenters. The fourth-order valence-electron chi connectivity index (χ4n) is 2.71. The summed E-state index contributed by atoms with van der Waals surface area (Å²) in [5.41, 5.74) is -1.35. The van der Waals surface area contributed by atoms with E-state index in [1.54, 1.807) is 0 Å². The highest BCUT2D eigenvalue weighted by molar-refractivity contribution is 7.92. The quantitative estimate of drug-likeness (QED) is 0.394. The van der Waals surface area contributed by atoms with E-state index in [1.165, 1.54) is 24.3 Å². The van der Waals surface area contributed by atoms with E-state index in [1.807, 2.05) is 0 Å². The highest BCUT2D eigenvalue weighted by atomic mass is 35.5. The van der Waals surface area contributed by atoms with Gasteiger partial charge in [0.2, 0.25) is 15.9 Å². The van der Waals surface area contributed by atoms with Gasteiger partial charge in [0.1, 0.15) is 18.2 Å². The summed E-state index contributed by atoms with van der Waals surface area (Å²) in [7, 11) is -3.95. The normalized spacial score (nSPS) is 11.8. The van der Waals surface area contributed by atoms with Crippen LogP contribution in [0.25, 0.3) is 0 Å². The van der Waals surface area contributed by atoms with Gasteiger partial charge in [0.05, 0.1) is 29.1 Å². The smallest absolute Gasteiger partial charge is 0.416 e. The second-order valence-electron chi connectivity index (χ2n) is 6.75. The van der Waals surface area contributed by atoms with Crippen molar-refractivity contribution in [2.24, 2.45) is 0 Å². The number of anilines is 1. The molecule has 0 bridgehead atoms. The monoisotopic (exact) mass is 496 g/mol. The van der Waals surface area contributed by atoms with Crippen molar-refractivity contribution in [3.63, 3.8) is 0 Å². The van der Waals surface area contributed by atoms with Gasteiger partial charge >= 0.3 is 6.18 Å². The van der Waals surface area contributed by atoms with E-state index in [2.05, 4.69) is 5.32 Å². The third-order valence-corrected chi connectivity index (χ3v) is 5.71. The van der Waals surface area contributed by atoms with Gasteiger partial charge in [-0.3, -0.25) is 9.10 Å². The Labute approximate surface area is 188 Å². The molecule has 0 unspecified atom stereocenters. The number of sulfonamides is 1. The van der Waals surface area contributed by atoms with Gasteiger partial charge in [-0.15, -0.1) is 0 Å². The molecule has 0 spiro atoms. The van der Waals surface area contributed by atoms with Gasteiger partial charge < -0.3 is 10.1 Å². The second kappa shape index (κ2) is 10.9. The molecule has 0 aliphatic rings. The fraction of sp³-hybridized carbons (Fsp3) is 0.350. The number of hydrogen-bond acceptors (Lipinski definition) is 4. The molecule has 2 rings (SSSR count). The SMILES string of the molecule is CS(=O)(=O)N(CCCC(=O)NCCOc1ccc(F)cc1)c1cc(C(F)(F)F)ccc1Cl. The van der Waals surface area contributed by atoms with Crippen molar-refractivity contribution in [3.05, 3.63) is 58.9 Å². The summed E-state index contributed by atoms with van der Waals surface area (Å²) < 4.78 is 82.2. The third kappa shape index (κ3) is 7.86. The minimum atomic E-state index is -4.67. The van der Waals surface area contributed by atoms with Crippen molar-refractivity contribution in [2.45, 2.75) is 19.0 Å². The summed E-state index contributed by atoms with van der Waals surface area (Å²) in [5.74, 6) is -0.362. The number of carbonyl (C=O) groups excluding carboxylic acids is 1. The average Bonchev–Trinajstić information content (AvgIpc) is 2.69. The molecule has 0 radical (unpaired) electrons. The largest absolute Gasteiger partial charge is 0.492 e. The van der Waals surface area contributed by atoms with Crippen molar-refractivity contribution in [2.75, 3.05) is 30.3 Å². The zero-order valence-electron chi connectivity index (χ0n) is 17.0. The molecule has 0 saturated carbocycles. The van der Waals surface area contributed by atoms with E-state index >= 15 is 0 Å². The topological polar surface area (TPSA) is 75.7 Å². The van der Waals surface area contributed by atoms with Gasteiger partial charge in [-0.1, -0.05) is 11.6 Å². The Hall–Kier alpha value is -2.53. The number of benzene rings is 2. The number of alkyl halides is 3. The molecule has 0 fully saturated rings. The minimum Gasteiger partial charge on any atom is -0.492 e. The summed E-state index contributed by atoms with van der Waals surface area (Å²) in [6.45, 7) is 0.0531. The molecule has 0 aliphatic carbocycles. The Morgan fingerprint density at radius 3 is 2.41 bits per heavy atom. The zero-order valence-corrected chi connectivity index (χ0v) is 18.5. The Morgan fingerprint density at radius 1 is 1.16 bits per heavy atom. The van der Waals surface area contributed by atoms with Crippen molar-refractivity contribution < 1.29 is 35.5 Å². The maximum Gasteiger partial charge on any atom is 0.416 e. The number of halogens is 5. The standard InChI is InChI=1S/C20H21ClF4N2O4S/c1-32(29,30)27(18-13-14(20(23,24)25)4-9-17(18)21)11-2-3-19(28)26-10-12-31-16-7-5-15(22)6-8-16/h4-9,13H,2-3,10-12H2,1H3,(H,26,28). The summed E-state index contributed by atoms with van der Waals surface area (Å²) in [4.78, 5) is 12.0. The van der Waals surface area contributed by atoms with Gasteiger partial charge in [0.25, 0.3) is 0 Å². The first-order valence-electron chi connectivity index (χ1n) is 9.37. The molecule has 6 nitrogen and oxygen atoms in total. The predicted molar refractivity (Wildman–Crippen MR) is 113 cm³/mol. The molecule has 2 aromatic rings. The van der Waals surface area contributed by atoms with Crippen molar-refractivity contribution in [1.82, 2.24) is 5.32 Å². The highest BCUT2D eigenvalue weighted by Gasteiger charge is 2.32. The molecule has 0 aliphatic heterocycles. The molecule has 12 heteroatoms. The Bertz CT molecular complexity index is 1030. The molecule has 1 amide bonds. The summed E-state index contributed by atoms with van der Waals surface area (Å²) in [6, 6.07) is 7.75. The fourth-order valence-corrected chi connectivity index (χ4v) is 3.95. The van der Waals surface area contributed by atoms with Crippen LogP contribution in [0.3, 0.4) is 0 Å². The molecule has 0 saturated heterocycles. The summed E-state index contributed by atoms with van der Waals surface area (Å²) in [6.07, 6.45) is -3.85. The number of ether oxygens (including phenoxy) is 1. The number of nitrogens with one attached hydrogen (secondary N) is 1. The average molecular weight is 497 g/mol. The number of hydrogen-bond donors (Lipinski definition) is 1. The van der Waals surface area contributed by atoms with Gasteiger partial charge in [-0.2, -0.15) is 13.2 Å².